The van der Waals surface area contributed by atoms with E-state index in [1.807, 2.05) is 0 Å². The molecule has 0 bridgehead atoms. The Labute approximate surface area is 120 Å². The summed E-state index contributed by atoms with van der Waals surface area (Å²) in [7, 11) is 0. The summed E-state index contributed by atoms with van der Waals surface area (Å²) in [5.74, 6) is -1.70. The molecule has 2 N–H and O–H groups in total. The third kappa shape index (κ3) is 4.31. The van der Waals surface area contributed by atoms with Crippen molar-refractivity contribution < 1.29 is 19.1 Å². The van der Waals surface area contributed by atoms with Crippen molar-refractivity contribution in [3.8, 4) is 0 Å². The number of aliphatic carboxylic acids is 1. The lowest BCUT2D eigenvalue weighted by atomic mass is 10.1. The molecule has 0 atom stereocenters. The van der Waals surface area contributed by atoms with E-state index in [1.165, 1.54) is 18.2 Å². The molecule has 6 heteroatoms. The molecule has 0 heterocycles. The van der Waals surface area contributed by atoms with Crippen LogP contribution in [0.2, 0.25) is 0 Å². The van der Waals surface area contributed by atoms with E-state index in [0.717, 1.165) is 0 Å². The number of halogens is 1. The Morgan fingerprint density at radius 2 is 1.67 bits per heavy atom. The number of hydrogen-bond acceptors (Lipinski definition) is 3. The third-order valence-corrected chi connectivity index (χ3v) is 2.68. The second kappa shape index (κ2) is 6.51. The van der Waals surface area contributed by atoms with Crippen molar-refractivity contribution in [2.45, 2.75) is 6.42 Å². The van der Waals surface area contributed by atoms with E-state index in [0.29, 0.717) is 11.3 Å². The number of benzene rings is 2. The monoisotopic (exact) mass is 287 g/mol. The highest BCUT2D eigenvalue weighted by molar-refractivity contribution is 5.99. The van der Waals surface area contributed by atoms with Gasteiger partial charge in [0, 0.05) is 18.1 Å². The maximum absolute atomic E-state index is 13.4. The fourth-order valence-corrected chi connectivity index (χ4v) is 1.72. The average molecular weight is 287 g/mol. The van der Waals surface area contributed by atoms with Gasteiger partial charge in [-0.3, -0.25) is 0 Å². The number of carboxylic acid groups (broad SMARTS) is 1. The van der Waals surface area contributed by atoms with Crippen LogP contribution in [0.3, 0.4) is 0 Å². The van der Waals surface area contributed by atoms with Gasteiger partial charge in [0.25, 0.3) is 0 Å². The number of para-hydroxylation sites is 1. The minimum Gasteiger partial charge on any atom is -0.550 e. The van der Waals surface area contributed by atoms with E-state index in [4.69, 9.17) is 0 Å². The van der Waals surface area contributed by atoms with Gasteiger partial charge in [0.1, 0.15) is 5.82 Å². The number of rotatable bonds is 4. The summed E-state index contributed by atoms with van der Waals surface area (Å²) in [6, 6.07) is 11.5. The lowest BCUT2D eigenvalue weighted by Crippen LogP contribution is -2.24. The normalized spacial score (nSPS) is 9.95. The second-order valence-corrected chi connectivity index (χ2v) is 4.30. The molecule has 0 aliphatic rings. The molecule has 2 aromatic rings. The molecule has 108 valence electrons. The standard InChI is InChI=1S/C15H13FN2O3/c16-12-3-1-2-4-13(12)18-15(21)17-11-7-5-10(6-8-11)9-14(19)20/h1-8H,9H2,(H,19,20)(H2,17,18,21)/p-1. The molecule has 0 saturated carbocycles. The molecular weight excluding hydrogens is 275 g/mol. The van der Waals surface area contributed by atoms with E-state index < -0.39 is 17.8 Å². The van der Waals surface area contributed by atoms with Gasteiger partial charge in [0.2, 0.25) is 0 Å². The number of nitrogens with one attached hydrogen (secondary N) is 2. The van der Waals surface area contributed by atoms with Crippen molar-refractivity contribution in [1.82, 2.24) is 0 Å². The van der Waals surface area contributed by atoms with Crippen molar-refractivity contribution in [3.63, 3.8) is 0 Å². The van der Waals surface area contributed by atoms with Gasteiger partial charge in [-0.25, -0.2) is 9.18 Å². The van der Waals surface area contributed by atoms with E-state index >= 15 is 0 Å². The second-order valence-electron chi connectivity index (χ2n) is 4.30. The lowest BCUT2D eigenvalue weighted by Gasteiger charge is -2.09. The number of carboxylic acids is 1. The Morgan fingerprint density at radius 1 is 1.00 bits per heavy atom. The molecule has 0 radical (unpaired) electrons. The van der Waals surface area contributed by atoms with E-state index in [9.17, 15) is 19.1 Å². The van der Waals surface area contributed by atoms with Gasteiger partial charge in [0.05, 0.1) is 5.69 Å². The summed E-state index contributed by atoms with van der Waals surface area (Å²) in [6.45, 7) is 0. The third-order valence-electron chi connectivity index (χ3n) is 2.68. The topological polar surface area (TPSA) is 81.3 Å². The molecule has 0 aliphatic carbocycles. The lowest BCUT2D eigenvalue weighted by molar-refractivity contribution is -0.304. The van der Waals surface area contributed by atoms with Crippen molar-refractivity contribution in [3.05, 3.63) is 59.9 Å². The Kier molecular flexibility index (Phi) is 4.50. The number of carbonyl (C=O) groups is 2. The van der Waals surface area contributed by atoms with Crippen LogP contribution < -0.4 is 15.7 Å². The molecule has 0 spiro atoms. The molecular formula is C15H12FN2O3-. The minimum atomic E-state index is -1.17. The first-order chi connectivity index (χ1) is 10.0. The number of hydrogen-bond donors (Lipinski definition) is 2. The molecule has 0 saturated heterocycles. The predicted octanol–water partition coefficient (Wildman–Crippen LogP) is 1.76. The zero-order chi connectivity index (χ0) is 15.2. The zero-order valence-corrected chi connectivity index (χ0v) is 10.9. The maximum Gasteiger partial charge on any atom is 0.323 e. The number of amides is 2. The molecule has 0 aliphatic heterocycles. The van der Waals surface area contributed by atoms with E-state index in [-0.39, 0.29) is 12.1 Å². The van der Waals surface area contributed by atoms with Crippen LogP contribution in [0, 0.1) is 5.82 Å². The van der Waals surface area contributed by atoms with E-state index in [2.05, 4.69) is 10.6 Å². The van der Waals surface area contributed by atoms with Crippen LogP contribution in [0.15, 0.2) is 48.5 Å². The van der Waals surface area contributed by atoms with Crippen molar-refractivity contribution in [1.29, 1.82) is 0 Å². The first kappa shape index (κ1) is 14.5. The fraction of sp³-hybridized carbons (Fsp3) is 0.0667. The Hall–Kier alpha value is -2.89. The van der Waals surface area contributed by atoms with Gasteiger partial charge < -0.3 is 20.5 Å². The highest BCUT2D eigenvalue weighted by atomic mass is 19.1. The largest absolute Gasteiger partial charge is 0.550 e. The highest BCUT2D eigenvalue weighted by Crippen LogP contribution is 2.14. The van der Waals surface area contributed by atoms with E-state index in [1.54, 1.807) is 30.3 Å². The van der Waals surface area contributed by atoms with Gasteiger partial charge in [-0.2, -0.15) is 0 Å². The van der Waals surface area contributed by atoms with Crippen molar-refractivity contribution in [2.75, 3.05) is 10.6 Å². The Morgan fingerprint density at radius 3 is 2.29 bits per heavy atom. The van der Waals surface area contributed by atoms with Crippen LogP contribution in [-0.4, -0.2) is 12.0 Å². The van der Waals surface area contributed by atoms with Gasteiger partial charge >= 0.3 is 6.03 Å². The van der Waals surface area contributed by atoms with Crippen LogP contribution in [0.1, 0.15) is 5.56 Å². The Balaban J connectivity index is 1.96. The van der Waals surface area contributed by atoms with Crippen LogP contribution in [0.25, 0.3) is 0 Å². The molecule has 0 aromatic heterocycles. The molecule has 0 unspecified atom stereocenters. The summed E-state index contributed by atoms with van der Waals surface area (Å²) < 4.78 is 13.4. The van der Waals surface area contributed by atoms with Gasteiger partial charge in [-0.15, -0.1) is 0 Å². The zero-order valence-electron chi connectivity index (χ0n) is 10.9. The van der Waals surface area contributed by atoms with Crippen LogP contribution in [0.4, 0.5) is 20.6 Å². The SMILES string of the molecule is O=C([O-])Cc1ccc(NC(=O)Nc2ccccc2F)cc1. The summed E-state index contributed by atoms with van der Waals surface area (Å²) in [5, 5.41) is 15.3. The maximum atomic E-state index is 13.4. The Bertz CT molecular complexity index is 656. The average Bonchev–Trinajstić information content (AvgIpc) is 2.43. The first-order valence-corrected chi connectivity index (χ1v) is 6.16. The summed E-state index contributed by atoms with van der Waals surface area (Å²) in [4.78, 5) is 22.1. The minimum absolute atomic E-state index is 0.0728. The molecule has 2 aromatic carbocycles. The molecule has 5 nitrogen and oxygen atoms in total. The quantitative estimate of drug-likeness (QED) is 0.899. The number of urea groups is 1. The number of anilines is 2. The van der Waals surface area contributed by atoms with Crippen molar-refractivity contribution >= 4 is 23.4 Å². The van der Waals surface area contributed by atoms with Crippen molar-refractivity contribution in [2.24, 2.45) is 0 Å². The summed E-state index contributed by atoms with van der Waals surface area (Å²) in [5.41, 5.74) is 1.10. The van der Waals surface area contributed by atoms with Crippen LogP contribution in [0.5, 0.6) is 0 Å². The van der Waals surface area contributed by atoms with Crippen LogP contribution in [-0.2, 0) is 11.2 Å². The van der Waals surface area contributed by atoms with Crippen LogP contribution >= 0.6 is 0 Å². The smallest absolute Gasteiger partial charge is 0.323 e. The summed E-state index contributed by atoms with van der Waals surface area (Å²) >= 11 is 0. The van der Waals surface area contributed by atoms with Gasteiger partial charge in [-0.05, 0) is 29.8 Å². The summed E-state index contributed by atoms with van der Waals surface area (Å²) in [6.07, 6.45) is -0.193. The number of carbonyl (C=O) groups excluding carboxylic acids is 2. The molecule has 2 rings (SSSR count). The van der Waals surface area contributed by atoms with Gasteiger partial charge in [-0.1, -0.05) is 24.3 Å². The highest BCUT2D eigenvalue weighted by Gasteiger charge is 2.06. The predicted molar refractivity (Wildman–Crippen MR) is 74.2 cm³/mol. The molecule has 0 fully saturated rings. The molecule has 2 amide bonds. The fourth-order valence-electron chi connectivity index (χ4n) is 1.72. The first-order valence-electron chi connectivity index (χ1n) is 6.16. The molecule has 21 heavy (non-hydrogen) atoms. The van der Waals surface area contributed by atoms with Gasteiger partial charge in [0.15, 0.2) is 0 Å².